The molecule has 0 radical (unpaired) electrons. The number of nitrogens with one attached hydrogen (secondary N) is 2. The van der Waals surface area contributed by atoms with Crippen molar-refractivity contribution in [3.05, 3.63) is 50.4 Å². The molecular formula is C20H23ClN4OS2. The zero-order valence-electron chi connectivity index (χ0n) is 15.9. The van der Waals surface area contributed by atoms with Crippen LogP contribution >= 0.6 is 34.7 Å². The predicted octanol–water partition coefficient (Wildman–Crippen LogP) is 4.49. The highest BCUT2D eigenvalue weighted by Gasteiger charge is 2.23. The van der Waals surface area contributed by atoms with Gasteiger partial charge in [-0.3, -0.25) is 4.79 Å². The summed E-state index contributed by atoms with van der Waals surface area (Å²) in [7, 11) is 2.12. The molecule has 0 fully saturated rings. The molecule has 3 aromatic rings. The smallest absolute Gasteiger partial charge is 0.261 e. The number of halogens is 1. The standard InChI is InChI=1S/C20H23ClN4OS2/c1-3-27-11-16(19-22-14-5-4-13(21)9-15(14)23-19)24-20(26)17-8-12-6-7-25(2)10-18(12)28-17/h4-5,8-9,16H,3,6-7,10-11H2,1-2H3,(H,22,23)(H,24,26)/t16-/m0/s1. The SMILES string of the molecule is CCSC[C@H](NC(=O)c1cc2c(s1)CN(C)CC2)c1nc2ccc(Cl)cc2[nH]1. The van der Waals surface area contributed by atoms with Crippen LogP contribution in [-0.4, -0.2) is 45.9 Å². The molecule has 1 aromatic carbocycles. The van der Waals surface area contributed by atoms with Crippen molar-refractivity contribution < 1.29 is 4.79 Å². The van der Waals surface area contributed by atoms with Gasteiger partial charge >= 0.3 is 0 Å². The van der Waals surface area contributed by atoms with Crippen LogP contribution in [0.25, 0.3) is 11.0 Å². The van der Waals surface area contributed by atoms with Gasteiger partial charge in [-0.05, 0) is 49.1 Å². The van der Waals surface area contributed by atoms with Crippen molar-refractivity contribution in [2.45, 2.75) is 25.9 Å². The summed E-state index contributed by atoms with van der Waals surface area (Å²) in [6.07, 6.45) is 1.01. The van der Waals surface area contributed by atoms with Crippen LogP contribution in [0.4, 0.5) is 0 Å². The number of fused-ring (bicyclic) bond motifs is 2. The van der Waals surface area contributed by atoms with Crippen LogP contribution in [0.3, 0.4) is 0 Å². The average molecular weight is 435 g/mol. The van der Waals surface area contributed by atoms with Gasteiger partial charge in [0.25, 0.3) is 5.91 Å². The van der Waals surface area contributed by atoms with E-state index in [2.05, 4.69) is 40.2 Å². The maximum atomic E-state index is 13.0. The van der Waals surface area contributed by atoms with E-state index in [9.17, 15) is 4.79 Å². The number of carbonyl (C=O) groups is 1. The van der Waals surface area contributed by atoms with Gasteiger partial charge in [0.05, 0.1) is 22.0 Å². The van der Waals surface area contributed by atoms with Gasteiger partial charge < -0.3 is 15.2 Å². The third kappa shape index (κ3) is 4.22. The molecule has 5 nitrogen and oxygen atoms in total. The van der Waals surface area contributed by atoms with Crippen molar-refractivity contribution in [2.75, 3.05) is 25.1 Å². The molecule has 8 heteroatoms. The first-order chi connectivity index (χ1) is 13.5. The molecule has 0 aliphatic carbocycles. The summed E-state index contributed by atoms with van der Waals surface area (Å²) in [5.41, 5.74) is 3.05. The highest BCUT2D eigenvalue weighted by Crippen LogP contribution is 2.29. The minimum Gasteiger partial charge on any atom is -0.341 e. The van der Waals surface area contributed by atoms with Gasteiger partial charge in [-0.25, -0.2) is 4.98 Å². The first-order valence-electron chi connectivity index (χ1n) is 9.37. The molecule has 0 saturated heterocycles. The quantitative estimate of drug-likeness (QED) is 0.600. The van der Waals surface area contributed by atoms with E-state index in [4.69, 9.17) is 11.6 Å². The van der Waals surface area contributed by atoms with Crippen molar-refractivity contribution in [1.82, 2.24) is 20.2 Å². The number of benzene rings is 1. The van der Waals surface area contributed by atoms with Crippen molar-refractivity contribution in [3.63, 3.8) is 0 Å². The topological polar surface area (TPSA) is 61.0 Å². The number of amides is 1. The number of thiophene rings is 1. The number of rotatable bonds is 6. The Bertz CT molecular complexity index is 999. The van der Waals surface area contributed by atoms with Gasteiger partial charge in [-0.2, -0.15) is 11.8 Å². The number of likely N-dealkylation sites (N-methyl/N-ethyl adjacent to an activating group) is 1. The Hall–Kier alpha value is -1.54. The first-order valence-corrected chi connectivity index (χ1v) is 11.7. The van der Waals surface area contributed by atoms with E-state index < -0.39 is 0 Å². The predicted molar refractivity (Wildman–Crippen MR) is 119 cm³/mol. The van der Waals surface area contributed by atoms with Gasteiger partial charge in [0, 0.05) is 28.7 Å². The fraction of sp³-hybridized carbons (Fsp3) is 0.400. The Morgan fingerprint density at radius 1 is 1.46 bits per heavy atom. The van der Waals surface area contributed by atoms with Gasteiger partial charge in [0.2, 0.25) is 0 Å². The van der Waals surface area contributed by atoms with E-state index in [0.717, 1.165) is 52.8 Å². The molecule has 0 bridgehead atoms. The van der Waals surface area contributed by atoms with Crippen LogP contribution in [0.5, 0.6) is 0 Å². The number of hydrogen-bond donors (Lipinski definition) is 2. The maximum absolute atomic E-state index is 13.0. The molecule has 0 saturated carbocycles. The number of aromatic amines is 1. The van der Waals surface area contributed by atoms with E-state index in [1.165, 1.54) is 10.4 Å². The van der Waals surface area contributed by atoms with Crippen LogP contribution in [0.15, 0.2) is 24.3 Å². The van der Waals surface area contributed by atoms with E-state index in [0.29, 0.717) is 5.02 Å². The lowest BCUT2D eigenvalue weighted by Crippen LogP contribution is -2.30. The largest absolute Gasteiger partial charge is 0.341 e. The van der Waals surface area contributed by atoms with Crippen molar-refractivity contribution in [1.29, 1.82) is 0 Å². The fourth-order valence-electron chi connectivity index (χ4n) is 3.38. The Balaban J connectivity index is 1.56. The summed E-state index contributed by atoms with van der Waals surface area (Å²) >= 11 is 9.48. The number of carbonyl (C=O) groups excluding carboxylic acids is 1. The van der Waals surface area contributed by atoms with Crippen LogP contribution in [-0.2, 0) is 13.0 Å². The molecule has 2 N–H and O–H groups in total. The van der Waals surface area contributed by atoms with Gasteiger partial charge in [0.1, 0.15) is 5.82 Å². The number of imidazole rings is 1. The second kappa shape index (κ2) is 8.45. The number of nitrogens with zero attached hydrogens (tertiary/aromatic N) is 2. The van der Waals surface area contributed by atoms with Crippen LogP contribution in [0.1, 0.15) is 38.9 Å². The molecule has 1 aliphatic rings. The summed E-state index contributed by atoms with van der Waals surface area (Å²) in [6, 6.07) is 7.47. The van der Waals surface area contributed by atoms with Gasteiger partial charge in [-0.15, -0.1) is 11.3 Å². The van der Waals surface area contributed by atoms with E-state index >= 15 is 0 Å². The lowest BCUT2D eigenvalue weighted by Gasteiger charge is -2.21. The Morgan fingerprint density at radius 2 is 2.32 bits per heavy atom. The van der Waals surface area contributed by atoms with E-state index in [1.807, 2.05) is 18.2 Å². The normalized spacial score (nSPS) is 15.5. The zero-order chi connectivity index (χ0) is 19.7. The molecule has 1 amide bonds. The molecule has 148 valence electrons. The molecule has 4 rings (SSSR count). The van der Waals surface area contributed by atoms with Crippen LogP contribution < -0.4 is 5.32 Å². The van der Waals surface area contributed by atoms with Crippen LogP contribution in [0, 0.1) is 0 Å². The fourth-order valence-corrected chi connectivity index (χ4v) is 5.46. The summed E-state index contributed by atoms with van der Waals surface area (Å²) in [4.78, 5) is 25.4. The van der Waals surface area contributed by atoms with E-state index in [1.54, 1.807) is 23.1 Å². The monoisotopic (exact) mass is 434 g/mol. The Labute approximate surface area is 177 Å². The molecular weight excluding hydrogens is 412 g/mol. The molecule has 1 aliphatic heterocycles. The van der Waals surface area contributed by atoms with Gasteiger partial charge in [0.15, 0.2) is 0 Å². The molecule has 1 atom stereocenters. The number of hydrogen-bond acceptors (Lipinski definition) is 5. The molecule has 0 spiro atoms. The molecule has 2 aromatic heterocycles. The second-order valence-corrected chi connectivity index (χ2v) is 9.91. The summed E-state index contributed by atoms with van der Waals surface area (Å²) in [5.74, 6) is 2.50. The number of aromatic nitrogens is 2. The molecule has 0 unspecified atom stereocenters. The Morgan fingerprint density at radius 3 is 3.14 bits per heavy atom. The second-order valence-electron chi connectivity index (χ2n) is 7.02. The summed E-state index contributed by atoms with van der Waals surface area (Å²) in [6.45, 7) is 4.08. The minimum absolute atomic E-state index is 0.0257. The summed E-state index contributed by atoms with van der Waals surface area (Å²) in [5, 5.41) is 3.86. The lowest BCUT2D eigenvalue weighted by atomic mass is 10.1. The van der Waals surface area contributed by atoms with Gasteiger partial charge in [-0.1, -0.05) is 18.5 Å². The van der Waals surface area contributed by atoms with Crippen molar-refractivity contribution in [3.8, 4) is 0 Å². The maximum Gasteiger partial charge on any atom is 0.261 e. The average Bonchev–Trinajstić information content (AvgIpc) is 3.28. The van der Waals surface area contributed by atoms with Crippen molar-refractivity contribution >= 4 is 51.6 Å². The first kappa shape index (κ1) is 19.8. The highest BCUT2D eigenvalue weighted by atomic mass is 35.5. The Kier molecular flexibility index (Phi) is 5.96. The highest BCUT2D eigenvalue weighted by molar-refractivity contribution is 7.99. The summed E-state index contributed by atoms with van der Waals surface area (Å²) < 4.78 is 0. The third-order valence-corrected chi connectivity index (χ3v) is 7.26. The number of H-pyrrole nitrogens is 1. The van der Waals surface area contributed by atoms with Crippen LogP contribution in [0.2, 0.25) is 5.02 Å². The van der Waals surface area contributed by atoms with Crippen molar-refractivity contribution in [2.24, 2.45) is 0 Å². The molecule has 28 heavy (non-hydrogen) atoms. The minimum atomic E-state index is -0.176. The lowest BCUT2D eigenvalue weighted by molar-refractivity contribution is 0.0943. The zero-order valence-corrected chi connectivity index (χ0v) is 18.3. The molecule has 3 heterocycles. The number of thioether (sulfide) groups is 1. The third-order valence-electron chi connectivity index (χ3n) is 4.88. The van der Waals surface area contributed by atoms with E-state index in [-0.39, 0.29) is 11.9 Å².